The van der Waals surface area contributed by atoms with Gasteiger partial charge in [-0.2, -0.15) is 0 Å². The molecule has 23 heavy (non-hydrogen) atoms. The molecule has 0 saturated carbocycles. The molecular weight excluding hydrogens is 321 g/mol. The van der Waals surface area contributed by atoms with E-state index in [1.54, 1.807) is 0 Å². The molecule has 2 amide bonds. The molecule has 0 saturated heterocycles. The molecule has 1 aliphatic rings. The molecule has 1 aromatic rings. The fourth-order valence-electron chi connectivity index (χ4n) is 1.85. The van der Waals surface area contributed by atoms with Crippen molar-refractivity contribution >= 4 is 17.7 Å². The molecule has 0 aliphatic carbocycles. The second-order valence-electron chi connectivity index (χ2n) is 4.42. The van der Waals surface area contributed by atoms with Gasteiger partial charge >= 0.3 is 12.5 Å². The quantitative estimate of drug-likeness (QED) is 0.888. The van der Waals surface area contributed by atoms with Crippen LogP contribution in [0.4, 0.5) is 23.7 Å². The first-order valence-electron chi connectivity index (χ1n) is 6.18. The number of benzene rings is 1. The zero-order valence-corrected chi connectivity index (χ0v) is 11.7. The van der Waals surface area contributed by atoms with Gasteiger partial charge in [-0.15, -0.1) is 13.2 Å². The summed E-state index contributed by atoms with van der Waals surface area (Å²) in [5.41, 5.74) is -0.0184. The molecule has 1 aliphatic heterocycles. The van der Waals surface area contributed by atoms with E-state index in [1.165, 1.54) is 19.1 Å². The average Bonchev–Trinajstić information content (AvgIpc) is 2.81. The van der Waals surface area contributed by atoms with Crippen LogP contribution in [0.25, 0.3) is 0 Å². The third-order valence-electron chi connectivity index (χ3n) is 2.81. The number of hydrogen-bond acceptors (Lipinski definition) is 4. The largest absolute Gasteiger partial charge is 0.573 e. The number of hydrogen-bond donors (Lipinski definition) is 2. The van der Waals surface area contributed by atoms with E-state index in [9.17, 15) is 22.8 Å². The Morgan fingerprint density at radius 1 is 1.30 bits per heavy atom. The van der Waals surface area contributed by atoms with Gasteiger partial charge in [0.05, 0.1) is 0 Å². The lowest BCUT2D eigenvalue weighted by Crippen LogP contribution is -2.32. The lowest BCUT2D eigenvalue weighted by atomic mass is 10.2. The van der Waals surface area contributed by atoms with E-state index < -0.39 is 24.1 Å². The van der Waals surface area contributed by atoms with Gasteiger partial charge in [0.2, 0.25) is 0 Å². The van der Waals surface area contributed by atoms with E-state index in [1.807, 2.05) is 0 Å². The summed E-state index contributed by atoms with van der Waals surface area (Å²) in [6.45, 7) is 1.13. The first-order chi connectivity index (χ1) is 10.7. The number of alkyl halides is 3. The minimum atomic E-state index is -4.81. The van der Waals surface area contributed by atoms with Gasteiger partial charge in [-0.25, -0.2) is 9.69 Å². The molecule has 7 nitrogen and oxygen atoms in total. The van der Waals surface area contributed by atoms with Crippen LogP contribution in [0.2, 0.25) is 0 Å². The number of anilines is 1. The number of ether oxygens (including phenoxy) is 2. The van der Waals surface area contributed by atoms with Crippen molar-refractivity contribution in [3.63, 3.8) is 0 Å². The Hall–Kier alpha value is -2.91. The van der Waals surface area contributed by atoms with Crippen molar-refractivity contribution in [3.05, 3.63) is 35.7 Å². The van der Waals surface area contributed by atoms with Crippen LogP contribution in [0, 0.1) is 0 Å². The summed E-state index contributed by atoms with van der Waals surface area (Å²) in [5, 5.41) is 11.3. The Kier molecular flexibility index (Phi) is 4.34. The van der Waals surface area contributed by atoms with Crippen LogP contribution >= 0.6 is 0 Å². The molecule has 0 bridgehead atoms. The third kappa shape index (κ3) is 4.05. The Morgan fingerprint density at radius 2 is 1.91 bits per heavy atom. The van der Waals surface area contributed by atoms with E-state index in [2.05, 4.69) is 10.1 Å². The lowest BCUT2D eigenvalue weighted by Gasteiger charge is -2.14. The van der Waals surface area contributed by atoms with Gasteiger partial charge in [0.1, 0.15) is 11.5 Å². The highest BCUT2D eigenvalue weighted by molar-refractivity contribution is 6.05. The maximum Gasteiger partial charge on any atom is 0.573 e. The number of carboxylic acid groups (broad SMARTS) is 1. The molecule has 0 radical (unpaired) electrons. The third-order valence-corrected chi connectivity index (χ3v) is 2.81. The summed E-state index contributed by atoms with van der Waals surface area (Å²) in [6, 6.07) is 4.42. The van der Waals surface area contributed by atoms with Crippen LogP contribution in [0.5, 0.6) is 5.75 Å². The number of nitrogens with one attached hydrogen (secondary N) is 1. The average molecular weight is 332 g/mol. The summed E-state index contributed by atoms with van der Waals surface area (Å²) >= 11 is 0. The second-order valence-corrected chi connectivity index (χ2v) is 4.42. The Labute approximate surface area is 127 Å². The molecule has 10 heteroatoms. The number of carbonyl (C=O) groups excluding carboxylic acids is 1. The van der Waals surface area contributed by atoms with Gasteiger partial charge in [0.25, 0.3) is 5.91 Å². The van der Waals surface area contributed by atoms with Crippen LogP contribution < -0.4 is 10.1 Å². The smallest absolute Gasteiger partial charge is 0.475 e. The zero-order valence-electron chi connectivity index (χ0n) is 11.7. The molecule has 0 fully saturated rings. The zero-order chi connectivity index (χ0) is 17.2. The number of carbonyl (C=O) groups is 2. The molecule has 2 rings (SSSR count). The molecule has 0 aromatic heterocycles. The van der Waals surface area contributed by atoms with Crippen molar-refractivity contribution in [1.82, 2.24) is 4.90 Å². The van der Waals surface area contributed by atoms with Crippen LogP contribution in [0.15, 0.2) is 35.7 Å². The number of halogens is 3. The minimum Gasteiger partial charge on any atom is -0.475 e. The second kappa shape index (κ2) is 6.07. The first-order valence-corrected chi connectivity index (χ1v) is 6.18. The maximum absolute atomic E-state index is 12.1. The van der Waals surface area contributed by atoms with Crippen molar-refractivity contribution in [3.8, 4) is 5.75 Å². The van der Waals surface area contributed by atoms with Gasteiger partial charge in [-0.05, 0) is 31.2 Å². The highest BCUT2D eigenvalue weighted by Crippen LogP contribution is 2.25. The molecule has 1 heterocycles. The van der Waals surface area contributed by atoms with Gasteiger partial charge in [-0.1, -0.05) is 0 Å². The van der Waals surface area contributed by atoms with E-state index in [0.717, 1.165) is 12.1 Å². The number of allylic oxidation sites excluding steroid dienone is 1. The number of amides is 2. The van der Waals surface area contributed by atoms with Crippen molar-refractivity contribution in [2.24, 2.45) is 0 Å². The summed E-state index contributed by atoms with van der Waals surface area (Å²) in [4.78, 5) is 23.8. The van der Waals surface area contributed by atoms with Crippen LogP contribution in [0.1, 0.15) is 6.92 Å². The summed E-state index contributed by atoms with van der Waals surface area (Å²) < 4.78 is 44.8. The van der Waals surface area contributed by atoms with Gasteiger partial charge in [0, 0.05) is 5.69 Å². The summed E-state index contributed by atoms with van der Waals surface area (Å²) in [6.07, 6.45) is -6.17. The number of rotatable bonds is 3. The van der Waals surface area contributed by atoms with Crippen LogP contribution in [0.3, 0.4) is 0 Å². The van der Waals surface area contributed by atoms with Crippen molar-refractivity contribution in [2.75, 3.05) is 12.0 Å². The summed E-state index contributed by atoms with van der Waals surface area (Å²) in [7, 11) is 0. The topological polar surface area (TPSA) is 88.1 Å². The minimum absolute atomic E-state index is 0.127. The molecule has 0 atom stereocenters. The van der Waals surface area contributed by atoms with Crippen LogP contribution in [-0.2, 0) is 9.53 Å². The fraction of sp³-hybridized carbons (Fsp3) is 0.231. The predicted octanol–water partition coefficient (Wildman–Crippen LogP) is 2.72. The molecule has 124 valence electrons. The highest BCUT2D eigenvalue weighted by atomic mass is 19.4. The van der Waals surface area contributed by atoms with Gasteiger partial charge in [0.15, 0.2) is 12.4 Å². The summed E-state index contributed by atoms with van der Waals surface area (Å²) in [5.74, 6) is -1.07. The van der Waals surface area contributed by atoms with Gasteiger partial charge in [-0.3, -0.25) is 4.79 Å². The standard InChI is InChI=1S/C13H11F3N2O5/c1-7-10(18(6-22-7)12(20)21)11(19)17-8-2-4-9(5-3-8)23-13(14,15)16/h2-5H,6H2,1H3,(H,17,19)(H,20,21). The fourth-order valence-corrected chi connectivity index (χ4v) is 1.85. The number of nitrogens with zero attached hydrogens (tertiary/aromatic N) is 1. The van der Waals surface area contributed by atoms with E-state index in [-0.39, 0.29) is 23.9 Å². The maximum atomic E-state index is 12.1. The predicted molar refractivity (Wildman–Crippen MR) is 70.3 cm³/mol. The van der Waals surface area contributed by atoms with Gasteiger partial charge < -0.3 is 19.9 Å². The van der Waals surface area contributed by atoms with E-state index >= 15 is 0 Å². The monoisotopic (exact) mass is 332 g/mol. The highest BCUT2D eigenvalue weighted by Gasteiger charge is 2.32. The lowest BCUT2D eigenvalue weighted by molar-refractivity contribution is -0.274. The molecule has 0 unspecified atom stereocenters. The van der Waals surface area contributed by atoms with Crippen molar-refractivity contribution in [1.29, 1.82) is 0 Å². The first kappa shape index (κ1) is 16.5. The van der Waals surface area contributed by atoms with Crippen LogP contribution in [-0.4, -0.2) is 35.1 Å². The molecule has 1 aromatic carbocycles. The molecule has 2 N–H and O–H groups in total. The Balaban J connectivity index is 2.09. The SMILES string of the molecule is CC1=C(C(=O)Nc2ccc(OC(F)(F)F)cc2)N(C(=O)O)CO1. The Morgan fingerprint density at radius 3 is 2.43 bits per heavy atom. The van der Waals surface area contributed by atoms with E-state index in [4.69, 9.17) is 9.84 Å². The normalized spacial score (nSPS) is 14.5. The Bertz CT molecular complexity index is 655. The van der Waals surface area contributed by atoms with Crippen molar-refractivity contribution in [2.45, 2.75) is 13.3 Å². The van der Waals surface area contributed by atoms with E-state index in [0.29, 0.717) is 4.90 Å². The molecule has 0 spiro atoms. The molecular formula is C13H11F3N2O5. The van der Waals surface area contributed by atoms with Crippen molar-refractivity contribution < 1.29 is 37.3 Å².